The third-order valence-corrected chi connectivity index (χ3v) is 7.89. The molecule has 0 heteroatoms. The Morgan fingerprint density at radius 3 is 1.10 bits per heavy atom. The first-order valence-electron chi connectivity index (χ1n) is 14.4. The van der Waals surface area contributed by atoms with Gasteiger partial charge >= 0.3 is 0 Å². The molecule has 0 unspecified atom stereocenters. The zero-order valence-corrected chi connectivity index (χ0v) is 23.3. The molecule has 0 N–H and O–H groups in total. The molecule has 0 aliphatic carbocycles. The number of hydrogen-bond acceptors (Lipinski definition) is 0. The van der Waals surface area contributed by atoms with Crippen molar-refractivity contribution in [3.63, 3.8) is 0 Å². The maximum absolute atomic E-state index is 2.31. The first kappa shape index (κ1) is 25.5. The van der Waals surface area contributed by atoms with Crippen molar-refractivity contribution in [1.29, 1.82) is 0 Å². The number of rotatable bonds is 6. The summed E-state index contributed by atoms with van der Waals surface area (Å²) in [5.41, 5.74) is 9.68. The lowest BCUT2D eigenvalue weighted by Crippen LogP contribution is -1.91. The van der Waals surface area contributed by atoms with Gasteiger partial charge in [0.1, 0.15) is 0 Å². The lowest BCUT2D eigenvalue weighted by Gasteiger charge is -2.13. The summed E-state index contributed by atoms with van der Waals surface area (Å²) in [6, 6.07) is 60.7. The van der Waals surface area contributed by atoms with Crippen LogP contribution in [-0.4, -0.2) is 0 Å². The molecule has 0 aliphatic rings. The van der Waals surface area contributed by atoms with E-state index in [4.69, 9.17) is 0 Å². The predicted octanol–water partition coefficient (Wildman–Crippen LogP) is 11.2. The summed E-state index contributed by atoms with van der Waals surface area (Å²) in [6.07, 6.45) is 4.63. The molecule has 0 heterocycles. The second-order valence-electron chi connectivity index (χ2n) is 10.6. The van der Waals surface area contributed by atoms with E-state index in [0.29, 0.717) is 0 Å². The Morgan fingerprint density at radius 1 is 0.310 bits per heavy atom. The van der Waals surface area contributed by atoms with Crippen molar-refractivity contribution in [2.45, 2.75) is 0 Å². The van der Waals surface area contributed by atoms with Gasteiger partial charge in [0.2, 0.25) is 0 Å². The van der Waals surface area contributed by atoms with E-state index in [1.54, 1.807) is 0 Å². The van der Waals surface area contributed by atoms with Crippen LogP contribution in [0.15, 0.2) is 170 Å². The minimum absolute atomic E-state index is 1.17. The molecule has 0 spiro atoms. The quantitative estimate of drug-likeness (QED) is 0.186. The summed E-state index contributed by atoms with van der Waals surface area (Å²) in [5, 5.41) is 5.02. The van der Waals surface area contributed by atoms with Gasteiger partial charge < -0.3 is 0 Å². The zero-order chi connectivity index (χ0) is 28.1. The molecular formula is C42H30. The third kappa shape index (κ3) is 5.19. The Kier molecular flexibility index (Phi) is 7.02. The van der Waals surface area contributed by atoms with Crippen molar-refractivity contribution in [3.05, 3.63) is 203 Å². The van der Waals surface area contributed by atoms with E-state index in [1.165, 1.54) is 66.1 Å². The Bertz CT molecular complexity index is 1880. The normalized spacial score (nSPS) is 12.1. The van der Waals surface area contributed by atoms with E-state index in [1.807, 2.05) is 0 Å². The van der Waals surface area contributed by atoms with Crippen molar-refractivity contribution in [2.75, 3.05) is 0 Å². The second kappa shape index (κ2) is 11.6. The average Bonchev–Trinajstić information content (AvgIpc) is 3.07. The molecule has 198 valence electrons. The maximum atomic E-state index is 2.31. The Morgan fingerprint density at radius 2 is 0.667 bits per heavy atom. The zero-order valence-electron chi connectivity index (χ0n) is 23.3. The summed E-state index contributed by atoms with van der Waals surface area (Å²) in [4.78, 5) is 0. The molecule has 0 nitrogen and oxygen atoms in total. The highest BCUT2D eigenvalue weighted by Gasteiger charge is 2.11. The molecule has 0 bridgehead atoms. The van der Waals surface area contributed by atoms with E-state index in [-0.39, 0.29) is 0 Å². The predicted molar refractivity (Wildman–Crippen MR) is 181 cm³/mol. The Labute approximate surface area is 247 Å². The SMILES string of the molecule is C(=C(c1ccccc1)c1cccc2ccccc12)c1ccc(C=C(c2ccccc2)c2cccc3ccccc23)cc1. The molecule has 0 saturated carbocycles. The van der Waals surface area contributed by atoms with Crippen molar-refractivity contribution in [3.8, 4) is 0 Å². The fourth-order valence-corrected chi connectivity index (χ4v) is 5.81. The molecule has 7 rings (SSSR count). The highest BCUT2D eigenvalue weighted by atomic mass is 14.1. The van der Waals surface area contributed by atoms with Crippen LogP contribution in [0.1, 0.15) is 33.4 Å². The van der Waals surface area contributed by atoms with Crippen LogP contribution in [0.4, 0.5) is 0 Å². The van der Waals surface area contributed by atoms with Crippen molar-refractivity contribution >= 4 is 44.8 Å². The summed E-state index contributed by atoms with van der Waals surface area (Å²) >= 11 is 0. The number of benzene rings is 7. The van der Waals surface area contributed by atoms with Gasteiger partial charge in [-0.15, -0.1) is 0 Å². The summed E-state index contributed by atoms with van der Waals surface area (Å²) in [6.45, 7) is 0. The molecule has 7 aromatic carbocycles. The Balaban J connectivity index is 1.33. The lowest BCUT2D eigenvalue weighted by molar-refractivity contribution is 1.56. The second-order valence-corrected chi connectivity index (χ2v) is 10.6. The van der Waals surface area contributed by atoms with E-state index in [9.17, 15) is 0 Å². The smallest absolute Gasteiger partial charge is 0.00992 e. The molecule has 0 fully saturated rings. The lowest BCUT2D eigenvalue weighted by atomic mass is 9.91. The molecule has 0 aliphatic heterocycles. The van der Waals surface area contributed by atoms with Crippen molar-refractivity contribution in [1.82, 2.24) is 0 Å². The van der Waals surface area contributed by atoms with Gasteiger partial charge in [-0.3, -0.25) is 0 Å². The van der Waals surface area contributed by atoms with Gasteiger partial charge in [0.15, 0.2) is 0 Å². The fourth-order valence-electron chi connectivity index (χ4n) is 5.81. The molecule has 0 amide bonds. The van der Waals surface area contributed by atoms with Crippen LogP contribution < -0.4 is 0 Å². The molecule has 42 heavy (non-hydrogen) atoms. The van der Waals surface area contributed by atoms with E-state index in [0.717, 1.165) is 0 Å². The molecule has 0 saturated heterocycles. The highest BCUT2D eigenvalue weighted by Crippen LogP contribution is 2.34. The molecule has 0 atom stereocenters. The van der Waals surface area contributed by atoms with Crippen LogP contribution in [0.5, 0.6) is 0 Å². The monoisotopic (exact) mass is 534 g/mol. The van der Waals surface area contributed by atoms with Crippen molar-refractivity contribution in [2.24, 2.45) is 0 Å². The van der Waals surface area contributed by atoms with E-state index < -0.39 is 0 Å². The molecular weight excluding hydrogens is 504 g/mol. The van der Waals surface area contributed by atoms with Crippen LogP contribution in [0.3, 0.4) is 0 Å². The molecule has 0 radical (unpaired) electrons. The van der Waals surface area contributed by atoms with Crippen LogP contribution >= 0.6 is 0 Å². The summed E-state index contributed by atoms with van der Waals surface area (Å²) < 4.78 is 0. The fraction of sp³-hybridized carbons (Fsp3) is 0. The standard InChI is InChI=1S/C42H30/c1-3-13-35(14-4-1)41(39-23-11-19-33-17-7-9-21-37(33)39)29-31-25-27-32(28-26-31)30-42(36-15-5-2-6-16-36)40-24-12-20-34-18-8-10-22-38(34)40/h1-30H. The largest absolute Gasteiger partial charge is 0.0622 e. The topological polar surface area (TPSA) is 0 Å². The third-order valence-electron chi connectivity index (χ3n) is 7.89. The van der Waals surface area contributed by atoms with E-state index in [2.05, 4.69) is 182 Å². The summed E-state index contributed by atoms with van der Waals surface area (Å²) in [7, 11) is 0. The van der Waals surface area contributed by atoms with E-state index >= 15 is 0 Å². The van der Waals surface area contributed by atoms with Gasteiger partial charge in [-0.1, -0.05) is 170 Å². The van der Waals surface area contributed by atoms with Gasteiger partial charge in [0.05, 0.1) is 0 Å². The first-order chi connectivity index (χ1) is 20.8. The van der Waals surface area contributed by atoms with Gasteiger partial charge in [0.25, 0.3) is 0 Å². The van der Waals surface area contributed by atoms with Gasteiger partial charge in [-0.2, -0.15) is 0 Å². The maximum Gasteiger partial charge on any atom is -0.00992 e. The average molecular weight is 535 g/mol. The van der Waals surface area contributed by atoms with Crippen LogP contribution in [-0.2, 0) is 0 Å². The minimum Gasteiger partial charge on any atom is -0.0622 e. The first-order valence-corrected chi connectivity index (χ1v) is 14.4. The van der Waals surface area contributed by atoms with Gasteiger partial charge in [-0.05, 0) is 78.2 Å². The molecule has 7 aromatic rings. The Hall–Kier alpha value is -5.46. The van der Waals surface area contributed by atoms with Gasteiger partial charge in [0, 0.05) is 0 Å². The summed E-state index contributed by atoms with van der Waals surface area (Å²) in [5.74, 6) is 0. The van der Waals surface area contributed by atoms with Crippen LogP contribution in [0.2, 0.25) is 0 Å². The van der Waals surface area contributed by atoms with Crippen molar-refractivity contribution < 1.29 is 0 Å². The van der Waals surface area contributed by atoms with Crippen LogP contribution in [0, 0.1) is 0 Å². The highest BCUT2D eigenvalue weighted by molar-refractivity contribution is 6.04. The van der Waals surface area contributed by atoms with Gasteiger partial charge in [-0.25, -0.2) is 0 Å². The van der Waals surface area contributed by atoms with Crippen LogP contribution in [0.25, 0.3) is 44.8 Å². The number of fused-ring (bicyclic) bond motifs is 2. The molecule has 0 aromatic heterocycles. The number of hydrogen-bond donors (Lipinski definition) is 0. The minimum atomic E-state index is 1.17.